The van der Waals surface area contributed by atoms with Gasteiger partial charge in [-0.25, -0.2) is 0 Å². The lowest BCUT2D eigenvalue weighted by Gasteiger charge is -2.51. The van der Waals surface area contributed by atoms with Crippen molar-refractivity contribution in [3.05, 3.63) is 12.2 Å². The van der Waals surface area contributed by atoms with E-state index in [1.54, 1.807) is 0 Å². The second-order valence-corrected chi connectivity index (χ2v) is 5.83. The third-order valence-electron chi connectivity index (χ3n) is 4.70. The summed E-state index contributed by atoms with van der Waals surface area (Å²) < 4.78 is 5.32. The molecule has 0 radical (unpaired) electrons. The van der Waals surface area contributed by atoms with Crippen LogP contribution in [0.25, 0.3) is 0 Å². The highest BCUT2D eigenvalue weighted by molar-refractivity contribution is 5.83. The molecule has 106 valence electrons. The molecule has 5 atom stereocenters. The molecule has 1 aliphatic carbocycles. The van der Waals surface area contributed by atoms with Crippen molar-refractivity contribution < 1.29 is 14.3 Å². The van der Waals surface area contributed by atoms with Crippen molar-refractivity contribution in [2.24, 2.45) is 23.5 Å². The van der Waals surface area contributed by atoms with E-state index in [0.29, 0.717) is 6.42 Å². The lowest BCUT2D eigenvalue weighted by molar-refractivity contribution is -0.223. The van der Waals surface area contributed by atoms with Gasteiger partial charge in [-0.3, -0.25) is 4.79 Å². The number of nitrogens with two attached hydrogens (primary N) is 1. The first-order valence-corrected chi connectivity index (χ1v) is 7.15. The van der Waals surface area contributed by atoms with Crippen molar-refractivity contribution in [2.75, 3.05) is 0 Å². The van der Waals surface area contributed by atoms with Crippen molar-refractivity contribution in [3.63, 3.8) is 0 Å². The van der Waals surface area contributed by atoms with Gasteiger partial charge in [0.25, 0.3) is 0 Å². The summed E-state index contributed by atoms with van der Waals surface area (Å²) in [7, 11) is 0. The highest BCUT2D eigenvalue weighted by atomic mass is 16.6. The van der Waals surface area contributed by atoms with Crippen LogP contribution in [0.5, 0.6) is 0 Å². The highest BCUT2D eigenvalue weighted by Gasteiger charge is 2.60. The third kappa shape index (κ3) is 2.34. The highest BCUT2D eigenvalue weighted by Crippen LogP contribution is 2.44. The number of hydrogen-bond acceptors (Lipinski definition) is 4. The molecule has 2 N–H and O–H groups in total. The average molecular weight is 265 g/mol. The Labute approximate surface area is 114 Å². The predicted molar refractivity (Wildman–Crippen MR) is 72.3 cm³/mol. The maximum absolute atomic E-state index is 11.8. The van der Waals surface area contributed by atoms with Gasteiger partial charge in [0.15, 0.2) is 0 Å². The van der Waals surface area contributed by atoms with Crippen LogP contribution >= 0.6 is 0 Å². The largest absolute Gasteiger partial charge is 0.457 e. The topological polar surface area (TPSA) is 69.4 Å². The van der Waals surface area contributed by atoms with Crippen LogP contribution in [0.1, 0.15) is 39.5 Å². The third-order valence-corrected chi connectivity index (χ3v) is 4.70. The summed E-state index contributed by atoms with van der Waals surface area (Å²) in [5, 5.41) is 0. The Morgan fingerprint density at radius 2 is 2.37 bits per heavy atom. The summed E-state index contributed by atoms with van der Waals surface area (Å²) in [6, 6.07) is -0.253. The second kappa shape index (κ2) is 5.45. The molecule has 0 aromatic carbocycles. The SMILES string of the molecule is CCC(C=O)C1(C)OC(=O)C1C(N)C1C=CCCC1. The zero-order chi connectivity index (χ0) is 14.0. The van der Waals surface area contributed by atoms with Gasteiger partial charge in [-0.2, -0.15) is 0 Å². The normalized spacial score (nSPS) is 37.1. The van der Waals surface area contributed by atoms with Gasteiger partial charge in [0.2, 0.25) is 0 Å². The van der Waals surface area contributed by atoms with E-state index < -0.39 is 5.60 Å². The minimum Gasteiger partial charge on any atom is -0.457 e. The van der Waals surface area contributed by atoms with E-state index in [9.17, 15) is 9.59 Å². The van der Waals surface area contributed by atoms with Gasteiger partial charge in [-0.15, -0.1) is 0 Å². The molecule has 2 aliphatic rings. The van der Waals surface area contributed by atoms with Crippen LogP contribution in [-0.2, 0) is 14.3 Å². The molecule has 0 amide bonds. The fourth-order valence-electron chi connectivity index (χ4n) is 3.41. The molecular weight excluding hydrogens is 242 g/mol. The van der Waals surface area contributed by atoms with E-state index in [-0.39, 0.29) is 29.8 Å². The van der Waals surface area contributed by atoms with E-state index in [0.717, 1.165) is 25.5 Å². The molecule has 0 spiro atoms. The van der Waals surface area contributed by atoms with Crippen LogP contribution in [0.2, 0.25) is 0 Å². The van der Waals surface area contributed by atoms with Gasteiger partial charge in [-0.05, 0) is 38.5 Å². The van der Waals surface area contributed by atoms with Crippen LogP contribution in [0.15, 0.2) is 12.2 Å². The van der Waals surface area contributed by atoms with Crippen molar-refractivity contribution in [3.8, 4) is 0 Å². The Hall–Kier alpha value is -1.16. The first-order valence-electron chi connectivity index (χ1n) is 7.15. The smallest absolute Gasteiger partial charge is 0.315 e. The van der Waals surface area contributed by atoms with Crippen molar-refractivity contribution in [2.45, 2.75) is 51.2 Å². The first kappa shape index (κ1) is 14.3. The molecule has 2 rings (SSSR count). The zero-order valence-corrected chi connectivity index (χ0v) is 11.7. The zero-order valence-electron chi connectivity index (χ0n) is 11.7. The molecule has 0 saturated carbocycles. The summed E-state index contributed by atoms with van der Waals surface area (Å²) >= 11 is 0. The fraction of sp³-hybridized carbons (Fsp3) is 0.733. The lowest BCUT2D eigenvalue weighted by Crippen LogP contribution is -2.67. The van der Waals surface area contributed by atoms with Crippen molar-refractivity contribution in [1.29, 1.82) is 0 Å². The molecule has 1 aliphatic heterocycles. The van der Waals surface area contributed by atoms with Crippen LogP contribution in [0, 0.1) is 17.8 Å². The number of carbonyl (C=O) groups is 2. The molecule has 4 heteroatoms. The van der Waals surface area contributed by atoms with Crippen LogP contribution in [0.3, 0.4) is 0 Å². The number of carbonyl (C=O) groups excluding carboxylic acids is 2. The molecule has 1 fully saturated rings. The molecule has 1 heterocycles. The molecule has 0 bridgehead atoms. The maximum Gasteiger partial charge on any atom is 0.315 e. The molecule has 0 aromatic heterocycles. The number of ether oxygens (including phenoxy) is 1. The summed E-state index contributed by atoms with van der Waals surface area (Å²) in [4.78, 5) is 23.0. The fourth-order valence-corrected chi connectivity index (χ4v) is 3.41. The number of esters is 1. The van der Waals surface area contributed by atoms with Gasteiger partial charge in [0.1, 0.15) is 17.8 Å². The van der Waals surface area contributed by atoms with Gasteiger partial charge >= 0.3 is 5.97 Å². The number of hydrogen-bond donors (Lipinski definition) is 1. The van der Waals surface area contributed by atoms with E-state index >= 15 is 0 Å². The Morgan fingerprint density at radius 1 is 1.63 bits per heavy atom. The molecule has 0 aromatic rings. The van der Waals surface area contributed by atoms with Gasteiger partial charge < -0.3 is 15.3 Å². The van der Waals surface area contributed by atoms with Gasteiger partial charge in [-0.1, -0.05) is 19.1 Å². The number of allylic oxidation sites excluding steroid dienone is 1. The summed E-state index contributed by atoms with van der Waals surface area (Å²) in [6.45, 7) is 3.77. The molecule has 4 nitrogen and oxygen atoms in total. The van der Waals surface area contributed by atoms with E-state index in [1.807, 2.05) is 13.8 Å². The number of aldehydes is 1. The average Bonchev–Trinajstić information content (AvgIpc) is 2.40. The van der Waals surface area contributed by atoms with E-state index in [4.69, 9.17) is 10.5 Å². The van der Waals surface area contributed by atoms with Crippen molar-refractivity contribution >= 4 is 12.3 Å². The lowest BCUT2D eigenvalue weighted by atomic mass is 9.66. The van der Waals surface area contributed by atoms with Crippen molar-refractivity contribution in [1.82, 2.24) is 0 Å². The standard InChI is InChI=1S/C15H23NO3/c1-3-11(9-17)15(2)12(14(18)19-15)13(16)10-7-5-4-6-8-10/h5,7,9-13H,3-4,6,8,16H2,1-2H3. The minimum absolute atomic E-state index is 0.218. The maximum atomic E-state index is 11.8. The summed E-state index contributed by atoms with van der Waals surface area (Å²) in [5.41, 5.74) is 5.57. The summed E-state index contributed by atoms with van der Waals surface area (Å²) in [6.07, 6.45) is 9.00. The quantitative estimate of drug-likeness (QED) is 0.468. The monoisotopic (exact) mass is 265 g/mol. The first-order chi connectivity index (χ1) is 9.04. The van der Waals surface area contributed by atoms with Gasteiger partial charge in [0.05, 0.1) is 5.92 Å². The van der Waals surface area contributed by atoms with Crippen LogP contribution in [0.4, 0.5) is 0 Å². The molecule has 1 saturated heterocycles. The predicted octanol–water partition coefficient (Wildman–Crippen LogP) is 1.83. The Kier molecular flexibility index (Phi) is 4.09. The molecule has 5 unspecified atom stereocenters. The van der Waals surface area contributed by atoms with Crippen LogP contribution in [-0.4, -0.2) is 23.9 Å². The second-order valence-electron chi connectivity index (χ2n) is 5.83. The number of rotatable bonds is 5. The minimum atomic E-state index is -0.724. The van der Waals surface area contributed by atoms with Gasteiger partial charge in [0, 0.05) is 6.04 Å². The summed E-state index contributed by atoms with van der Waals surface area (Å²) in [5.74, 6) is -0.673. The van der Waals surface area contributed by atoms with E-state index in [1.165, 1.54) is 0 Å². The molecular formula is C15H23NO3. The Morgan fingerprint density at radius 3 is 2.84 bits per heavy atom. The Bertz CT molecular complexity index is 393. The van der Waals surface area contributed by atoms with E-state index in [2.05, 4.69) is 12.2 Å². The van der Waals surface area contributed by atoms with Crippen LogP contribution < -0.4 is 5.73 Å². The Balaban J connectivity index is 2.16. The number of cyclic esters (lactones) is 1. The molecule has 19 heavy (non-hydrogen) atoms.